The number of aliphatic hydroxyl groups is 1. The van der Waals surface area contributed by atoms with Gasteiger partial charge in [-0.15, -0.1) is 0 Å². The van der Waals surface area contributed by atoms with Gasteiger partial charge in [-0.3, -0.25) is 4.79 Å². The zero-order valence-electron chi connectivity index (χ0n) is 13.2. The van der Waals surface area contributed by atoms with E-state index in [4.69, 9.17) is 9.84 Å². The van der Waals surface area contributed by atoms with Crippen LogP contribution in [0, 0.1) is 6.92 Å². The van der Waals surface area contributed by atoms with Gasteiger partial charge in [0, 0.05) is 6.54 Å². The molecule has 0 radical (unpaired) electrons. The molecule has 1 amide bonds. The predicted molar refractivity (Wildman–Crippen MR) is 88.4 cm³/mol. The Morgan fingerprint density at radius 3 is 2.38 bits per heavy atom. The van der Waals surface area contributed by atoms with E-state index in [2.05, 4.69) is 5.32 Å². The number of hydrogen-bond acceptors (Lipinski definition) is 4. The average molecular weight is 329 g/mol. The second-order valence-electron chi connectivity index (χ2n) is 5.29. The molecular formula is C18H19NO5. The third kappa shape index (κ3) is 4.57. The molecule has 0 aliphatic heterocycles. The van der Waals surface area contributed by atoms with Crippen molar-refractivity contribution < 1.29 is 24.5 Å². The summed E-state index contributed by atoms with van der Waals surface area (Å²) in [7, 11) is 0. The van der Waals surface area contributed by atoms with Crippen molar-refractivity contribution in [2.45, 2.75) is 13.0 Å². The van der Waals surface area contributed by atoms with Crippen LogP contribution in [0.5, 0.6) is 5.75 Å². The summed E-state index contributed by atoms with van der Waals surface area (Å²) in [6, 6.07) is 13.3. The number of carboxylic acid groups (broad SMARTS) is 1. The van der Waals surface area contributed by atoms with Crippen LogP contribution < -0.4 is 10.1 Å². The molecule has 2 rings (SSSR count). The van der Waals surface area contributed by atoms with Gasteiger partial charge in [0.15, 0.2) is 0 Å². The number of amides is 1. The first-order valence-corrected chi connectivity index (χ1v) is 7.46. The maximum Gasteiger partial charge on any atom is 0.336 e. The molecule has 0 unspecified atom stereocenters. The number of aryl methyl sites for hydroxylation is 1. The molecule has 0 heterocycles. The number of benzene rings is 2. The van der Waals surface area contributed by atoms with E-state index in [0.717, 1.165) is 5.56 Å². The van der Waals surface area contributed by atoms with Gasteiger partial charge in [-0.1, -0.05) is 30.3 Å². The first kappa shape index (κ1) is 17.5. The highest BCUT2D eigenvalue weighted by Gasteiger charge is 2.16. The van der Waals surface area contributed by atoms with E-state index >= 15 is 0 Å². The molecule has 6 nitrogen and oxygen atoms in total. The fraction of sp³-hybridized carbons (Fsp3) is 0.222. The number of ether oxygens (including phenoxy) is 1. The quantitative estimate of drug-likeness (QED) is 0.720. The summed E-state index contributed by atoms with van der Waals surface area (Å²) in [4.78, 5) is 23.2. The smallest absolute Gasteiger partial charge is 0.336 e. The van der Waals surface area contributed by atoms with Crippen molar-refractivity contribution in [2.75, 3.05) is 13.2 Å². The minimum absolute atomic E-state index is 0.0196. The number of aromatic carboxylic acids is 1. The van der Waals surface area contributed by atoms with Crippen molar-refractivity contribution in [2.24, 2.45) is 0 Å². The molecule has 0 saturated heterocycles. The number of nitrogens with one attached hydrogen (secondary N) is 1. The van der Waals surface area contributed by atoms with E-state index in [9.17, 15) is 14.7 Å². The molecule has 126 valence electrons. The van der Waals surface area contributed by atoms with E-state index in [1.165, 1.54) is 12.1 Å². The third-order valence-corrected chi connectivity index (χ3v) is 3.43. The Morgan fingerprint density at radius 2 is 1.71 bits per heavy atom. The van der Waals surface area contributed by atoms with E-state index in [0.29, 0.717) is 5.75 Å². The Bertz CT molecular complexity index is 729. The number of carbonyl (C=O) groups is 2. The van der Waals surface area contributed by atoms with Gasteiger partial charge in [-0.25, -0.2) is 4.79 Å². The summed E-state index contributed by atoms with van der Waals surface area (Å²) in [6.45, 7) is 1.87. The zero-order chi connectivity index (χ0) is 17.5. The first-order chi connectivity index (χ1) is 11.5. The maximum atomic E-state index is 12.1. The molecule has 2 aromatic rings. The topological polar surface area (TPSA) is 95.9 Å². The van der Waals surface area contributed by atoms with Crippen molar-refractivity contribution in [3.63, 3.8) is 0 Å². The van der Waals surface area contributed by atoms with Gasteiger partial charge in [0.1, 0.15) is 18.5 Å². The molecule has 0 aliphatic rings. The van der Waals surface area contributed by atoms with Gasteiger partial charge < -0.3 is 20.3 Å². The Kier molecular flexibility index (Phi) is 5.92. The van der Waals surface area contributed by atoms with Crippen LogP contribution in [0.15, 0.2) is 48.5 Å². The lowest BCUT2D eigenvalue weighted by Gasteiger charge is -2.15. The molecule has 0 fully saturated rings. The summed E-state index contributed by atoms with van der Waals surface area (Å²) in [5.74, 6) is -1.06. The normalized spacial score (nSPS) is 11.6. The van der Waals surface area contributed by atoms with E-state index in [1.807, 2.05) is 25.1 Å². The minimum atomic E-state index is -1.18. The molecule has 24 heavy (non-hydrogen) atoms. The highest BCUT2D eigenvalue weighted by Crippen LogP contribution is 2.16. The summed E-state index contributed by atoms with van der Waals surface area (Å²) >= 11 is 0. The molecular weight excluding hydrogens is 310 g/mol. The van der Waals surface area contributed by atoms with Crippen LogP contribution in [-0.2, 0) is 0 Å². The zero-order valence-corrected chi connectivity index (χ0v) is 13.2. The molecule has 0 aliphatic carbocycles. The van der Waals surface area contributed by atoms with Gasteiger partial charge >= 0.3 is 5.97 Å². The van der Waals surface area contributed by atoms with Crippen LogP contribution >= 0.6 is 0 Å². The average Bonchev–Trinajstić information content (AvgIpc) is 2.59. The number of rotatable bonds is 7. The second-order valence-corrected chi connectivity index (χ2v) is 5.29. The Balaban J connectivity index is 1.88. The predicted octanol–water partition coefficient (Wildman–Crippen LogP) is 1.86. The molecule has 6 heteroatoms. The fourth-order valence-electron chi connectivity index (χ4n) is 2.14. The summed E-state index contributed by atoms with van der Waals surface area (Å²) in [5, 5.41) is 21.5. The van der Waals surface area contributed by atoms with Gasteiger partial charge in [0.2, 0.25) is 0 Å². The van der Waals surface area contributed by atoms with Crippen LogP contribution in [0.1, 0.15) is 26.3 Å². The van der Waals surface area contributed by atoms with Crippen molar-refractivity contribution >= 4 is 11.9 Å². The largest absolute Gasteiger partial charge is 0.491 e. The van der Waals surface area contributed by atoms with Crippen molar-refractivity contribution in [3.05, 3.63) is 65.2 Å². The Morgan fingerprint density at radius 1 is 1.08 bits per heavy atom. The highest BCUT2D eigenvalue weighted by atomic mass is 16.5. The van der Waals surface area contributed by atoms with Crippen LogP contribution in [0.2, 0.25) is 0 Å². The van der Waals surface area contributed by atoms with Crippen LogP contribution in [0.3, 0.4) is 0 Å². The van der Waals surface area contributed by atoms with Crippen LogP contribution in [-0.4, -0.2) is 41.3 Å². The molecule has 0 bridgehead atoms. The Hall–Kier alpha value is -2.86. The highest BCUT2D eigenvalue weighted by molar-refractivity contribution is 6.04. The van der Waals surface area contributed by atoms with Crippen molar-refractivity contribution in [1.29, 1.82) is 0 Å². The number of para-hydroxylation sites is 1. The summed E-state index contributed by atoms with van der Waals surface area (Å²) in [5.41, 5.74) is 0.918. The second kappa shape index (κ2) is 8.12. The van der Waals surface area contributed by atoms with Crippen molar-refractivity contribution in [3.8, 4) is 5.75 Å². The maximum absolute atomic E-state index is 12.1. The number of hydrogen-bond donors (Lipinski definition) is 3. The van der Waals surface area contributed by atoms with Gasteiger partial charge in [-0.05, 0) is 30.7 Å². The molecule has 0 spiro atoms. The lowest BCUT2D eigenvalue weighted by molar-refractivity contribution is 0.0689. The van der Waals surface area contributed by atoms with Crippen molar-refractivity contribution in [1.82, 2.24) is 5.32 Å². The molecule has 1 atom stereocenters. The van der Waals surface area contributed by atoms with Gasteiger partial charge in [0.25, 0.3) is 5.91 Å². The Labute approximate surface area is 139 Å². The molecule has 3 N–H and O–H groups in total. The lowest BCUT2D eigenvalue weighted by Crippen LogP contribution is -2.36. The summed E-state index contributed by atoms with van der Waals surface area (Å²) in [6.07, 6.45) is -0.912. The van der Waals surface area contributed by atoms with Crippen LogP contribution in [0.4, 0.5) is 0 Å². The fourth-order valence-corrected chi connectivity index (χ4v) is 2.14. The monoisotopic (exact) mass is 329 g/mol. The third-order valence-electron chi connectivity index (χ3n) is 3.43. The van der Waals surface area contributed by atoms with E-state index in [1.54, 1.807) is 18.2 Å². The standard InChI is InChI=1S/C18H19NO5/c1-12-6-2-5-9-16(12)24-11-13(20)10-19-17(21)14-7-3-4-8-15(14)18(22)23/h2-9,13,20H,10-11H2,1H3,(H,19,21)(H,22,23)/t13-/m0/s1. The molecule has 0 aromatic heterocycles. The van der Waals surface area contributed by atoms with E-state index in [-0.39, 0.29) is 24.3 Å². The number of aliphatic hydroxyl groups excluding tert-OH is 1. The van der Waals surface area contributed by atoms with Gasteiger partial charge in [0.05, 0.1) is 11.1 Å². The number of carbonyl (C=O) groups excluding carboxylic acids is 1. The SMILES string of the molecule is Cc1ccccc1OC[C@@H](O)CNC(=O)c1ccccc1C(=O)O. The molecule has 2 aromatic carbocycles. The summed E-state index contributed by atoms with van der Waals surface area (Å²) < 4.78 is 5.50. The van der Waals surface area contributed by atoms with E-state index < -0.39 is 18.0 Å². The molecule has 0 saturated carbocycles. The first-order valence-electron chi connectivity index (χ1n) is 7.46. The lowest BCUT2D eigenvalue weighted by atomic mass is 10.1. The minimum Gasteiger partial charge on any atom is -0.491 e. The number of carboxylic acids is 1. The van der Waals surface area contributed by atoms with Crippen LogP contribution in [0.25, 0.3) is 0 Å². The van der Waals surface area contributed by atoms with Gasteiger partial charge in [-0.2, -0.15) is 0 Å².